The number of nitrogens with one attached hydrogen (secondary N) is 1. The zero-order chi connectivity index (χ0) is 12.4. The summed E-state index contributed by atoms with van der Waals surface area (Å²) in [4.78, 5) is 11.8. The fourth-order valence-corrected chi connectivity index (χ4v) is 1.90. The normalized spacial score (nSPS) is 10.8. The van der Waals surface area contributed by atoms with Crippen molar-refractivity contribution in [1.82, 2.24) is 5.32 Å². The average molecular weight is 252 g/mol. The van der Waals surface area contributed by atoms with Gasteiger partial charge in [0.2, 0.25) is 0 Å². The van der Waals surface area contributed by atoms with Crippen LogP contribution in [0.2, 0.25) is 5.02 Å². The third-order valence-corrected chi connectivity index (χ3v) is 2.88. The van der Waals surface area contributed by atoms with Crippen LogP contribution in [-0.4, -0.2) is 12.5 Å². The summed E-state index contributed by atoms with van der Waals surface area (Å²) in [6.07, 6.45) is 0.900. The van der Waals surface area contributed by atoms with E-state index in [9.17, 15) is 4.79 Å². The highest BCUT2D eigenvalue weighted by Crippen LogP contribution is 2.27. The molecule has 1 heterocycles. The van der Waals surface area contributed by atoms with E-state index in [1.54, 1.807) is 12.1 Å². The summed E-state index contributed by atoms with van der Waals surface area (Å²) in [5, 5.41) is 4.33. The van der Waals surface area contributed by atoms with E-state index in [2.05, 4.69) is 5.32 Å². The van der Waals surface area contributed by atoms with Crippen LogP contribution in [0.4, 0.5) is 0 Å². The number of rotatable bonds is 3. The summed E-state index contributed by atoms with van der Waals surface area (Å²) in [7, 11) is 0. The molecule has 17 heavy (non-hydrogen) atoms. The molecule has 3 nitrogen and oxygen atoms in total. The molecule has 4 heteroatoms. The molecule has 2 aromatic rings. The van der Waals surface area contributed by atoms with Crippen LogP contribution >= 0.6 is 11.6 Å². The van der Waals surface area contributed by atoms with Gasteiger partial charge in [-0.2, -0.15) is 0 Å². The Hall–Kier alpha value is -1.48. The van der Waals surface area contributed by atoms with Crippen molar-refractivity contribution in [1.29, 1.82) is 0 Å². The average Bonchev–Trinajstić information content (AvgIpc) is 2.64. The Morgan fingerprint density at radius 2 is 2.24 bits per heavy atom. The predicted molar refractivity (Wildman–Crippen MR) is 68.6 cm³/mol. The third-order valence-electron chi connectivity index (χ3n) is 2.64. The van der Waals surface area contributed by atoms with Crippen molar-refractivity contribution in [3.63, 3.8) is 0 Å². The Morgan fingerprint density at radius 3 is 2.94 bits per heavy atom. The van der Waals surface area contributed by atoms with Crippen LogP contribution in [0, 0.1) is 6.92 Å². The third kappa shape index (κ3) is 2.29. The number of furan rings is 1. The molecule has 0 aliphatic rings. The van der Waals surface area contributed by atoms with Gasteiger partial charge in [-0.3, -0.25) is 4.79 Å². The lowest BCUT2D eigenvalue weighted by atomic mass is 10.1. The number of carbonyl (C=O) groups is 1. The van der Waals surface area contributed by atoms with Gasteiger partial charge in [0.25, 0.3) is 5.91 Å². The monoisotopic (exact) mass is 251 g/mol. The summed E-state index contributed by atoms with van der Waals surface area (Å²) in [5.74, 6) is 0.201. The molecule has 1 aromatic carbocycles. The maximum atomic E-state index is 11.8. The van der Waals surface area contributed by atoms with Gasteiger partial charge < -0.3 is 9.73 Å². The van der Waals surface area contributed by atoms with Crippen LogP contribution in [0.5, 0.6) is 0 Å². The van der Waals surface area contributed by atoms with Crippen LogP contribution in [0.15, 0.2) is 22.6 Å². The highest BCUT2D eigenvalue weighted by molar-refractivity contribution is 6.31. The quantitative estimate of drug-likeness (QED) is 0.907. The Labute approximate surface area is 105 Å². The van der Waals surface area contributed by atoms with Gasteiger partial charge in [0.15, 0.2) is 5.76 Å². The van der Waals surface area contributed by atoms with Crippen molar-refractivity contribution >= 4 is 28.5 Å². The molecule has 1 aromatic heterocycles. The van der Waals surface area contributed by atoms with E-state index in [4.69, 9.17) is 16.0 Å². The molecule has 0 unspecified atom stereocenters. The van der Waals surface area contributed by atoms with E-state index < -0.39 is 0 Å². The van der Waals surface area contributed by atoms with Gasteiger partial charge in [-0.1, -0.05) is 18.5 Å². The highest BCUT2D eigenvalue weighted by Gasteiger charge is 2.16. The van der Waals surface area contributed by atoms with E-state index in [0.717, 1.165) is 17.4 Å². The number of aryl methyl sites for hydroxylation is 1. The Kier molecular flexibility index (Phi) is 3.38. The predicted octanol–water partition coefficient (Wildman–Crippen LogP) is 3.53. The Bertz CT molecular complexity index is 560. The van der Waals surface area contributed by atoms with Crippen molar-refractivity contribution in [2.75, 3.05) is 6.54 Å². The second kappa shape index (κ2) is 4.80. The molecule has 0 aliphatic carbocycles. The minimum Gasteiger partial charge on any atom is -0.451 e. The van der Waals surface area contributed by atoms with Gasteiger partial charge in [-0.15, -0.1) is 0 Å². The molecule has 0 fully saturated rings. The Morgan fingerprint density at radius 1 is 1.47 bits per heavy atom. The molecule has 90 valence electrons. The van der Waals surface area contributed by atoms with Crippen molar-refractivity contribution in [3.8, 4) is 0 Å². The summed E-state index contributed by atoms with van der Waals surface area (Å²) in [5.41, 5.74) is 1.52. The van der Waals surface area contributed by atoms with Gasteiger partial charge in [-0.05, 0) is 31.5 Å². The fourth-order valence-electron chi connectivity index (χ4n) is 1.73. The maximum absolute atomic E-state index is 11.8. The topological polar surface area (TPSA) is 42.2 Å². The van der Waals surface area contributed by atoms with Crippen molar-refractivity contribution in [2.45, 2.75) is 20.3 Å². The summed E-state index contributed by atoms with van der Waals surface area (Å²) >= 11 is 5.92. The number of hydrogen-bond donors (Lipinski definition) is 1. The van der Waals surface area contributed by atoms with Gasteiger partial charge >= 0.3 is 0 Å². The molecule has 0 aliphatic heterocycles. The number of fused-ring (bicyclic) bond motifs is 1. The summed E-state index contributed by atoms with van der Waals surface area (Å²) in [6, 6.07) is 5.34. The largest absolute Gasteiger partial charge is 0.451 e. The zero-order valence-corrected chi connectivity index (χ0v) is 10.6. The highest BCUT2D eigenvalue weighted by atomic mass is 35.5. The molecule has 1 N–H and O–H groups in total. The molecule has 2 rings (SSSR count). The van der Waals surface area contributed by atoms with Gasteiger partial charge in [0.05, 0.1) is 0 Å². The maximum Gasteiger partial charge on any atom is 0.287 e. The number of benzene rings is 1. The molecule has 1 amide bonds. The van der Waals surface area contributed by atoms with Crippen LogP contribution < -0.4 is 5.32 Å². The van der Waals surface area contributed by atoms with Crippen LogP contribution in [0.3, 0.4) is 0 Å². The zero-order valence-electron chi connectivity index (χ0n) is 9.84. The lowest BCUT2D eigenvalue weighted by Crippen LogP contribution is -2.24. The van der Waals surface area contributed by atoms with E-state index in [0.29, 0.717) is 22.9 Å². The Balaban J connectivity index is 2.42. The molecule has 0 saturated carbocycles. The number of halogens is 1. The fraction of sp³-hybridized carbons (Fsp3) is 0.308. The molecule has 0 spiro atoms. The first kappa shape index (κ1) is 12.0. The molecular weight excluding hydrogens is 238 g/mol. The number of carbonyl (C=O) groups excluding carboxylic acids is 1. The minimum atomic E-state index is -0.170. The molecule has 0 atom stereocenters. The SMILES string of the molecule is CCCNC(=O)c1oc2ccc(Cl)cc2c1C. The van der Waals surface area contributed by atoms with E-state index in [1.165, 1.54) is 0 Å². The molecule has 0 saturated heterocycles. The van der Waals surface area contributed by atoms with Crippen molar-refractivity contribution in [2.24, 2.45) is 0 Å². The molecule has 0 radical (unpaired) electrons. The van der Waals surface area contributed by atoms with E-state index in [-0.39, 0.29) is 5.91 Å². The first-order chi connectivity index (χ1) is 8.13. The standard InChI is InChI=1S/C13H14ClNO2/c1-3-6-15-13(16)12-8(2)10-7-9(14)4-5-11(10)17-12/h4-5,7H,3,6H2,1-2H3,(H,15,16). The van der Waals surface area contributed by atoms with Gasteiger partial charge in [0.1, 0.15) is 5.58 Å². The van der Waals surface area contributed by atoms with Gasteiger partial charge in [-0.25, -0.2) is 0 Å². The number of hydrogen-bond acceptors (Lipinski definition) is 2. The van der Waals surface area contributed by atoms with Crippen molar-refractivity contribution in [3.05, 3.63) is 34.5 Å². The summed E-state index contributed by atoms with van der Waals surface area (Å²) < 4.78 is 5.54. The van der Waals surface area contributed by atoms with Crippen LogP contribution in [-0.2, 0) is 0 Å². The number of amides is 1. The van der Waals surface area contributed by atoms with Crippen LogP contribution in [0.1, 0.15) is 29.5 Å². The second-order valence-corrected chi connectivity index (χ2v) is 4.39. The minimum absolute atomic E-state index is 0.170. The van der Waals surface area contributed by atoms with E-state index >= 15 is 0 Å². The van der Waals surface area contributed by atoms with Crippen LogP contribution in [0.25, 0.3) is 11.0 Å². The van der Waals surface area contributed by atoms with Gasteiger partial charge in [0, 0.05) is 22.5 Å². The van der Waals surface area contributed by atoms with Crippen molar-refractivity contribution < 1.29 is 9.21 Å². The molecule has 0 bridgehead atoms. The van der Waals surface area contributed by atoms with E-state index in [1.807, 2.05) is 19.9 Å². The lowest BCUT2D eigenvalue weighted by Gasteiger charge is -2.00. The first-order valence-electron chi connectivity index (χ1n) is 5.60. The molecular formula is C13H14ClNO2. The first-order valence-corrected chi connectivity index (χ1v) is 5.98. The summed E-state index contributed by atoms with van der Waals surface area (Å²) in [6.45, 7) is 4.52. The lowest BCUT2D eigenvalue weighted by molar-refractivity contribution is 0.0927. The smallest absolute Gasteiger partial charge is 0.287 e. The second-order valence-electron chi connectivity index (χ2n) is 3.95.